The molecule has 3 atom stereocenters. The molecule has 1 fully saturated rings. The highest BCUT2D eigenvalue weighted by molar-refractivity contribution is 7.89. The maximum atomic E-state index is 13.3. The zero-order chi connectivity index (χ0) is 21.8. The fourth-order valence-corrected chi connectivity index (χ4v) is 6.31. The molecule has 2 N–H and O–H groups in total. The van der Waals surface area contributed by atoms with Gasteiger partial charge in [-0.2, -0.15) is 0 Å². The van der Waals surface area contributed by atoms with Gasteiger partial charge in [-0.1, -0.05) is 61.2 Å². The summed E-state index contributed by atoms with van der Waals surface area (Å²) in [4.78, 5) is 11.7. The summed E-state index contributed by atoms with van der Waals surface area (Å²) in [6, 6.07) is 17.6. The molecule has 2 aliphatic rings. The van der Waals surface area contributed by atoms with Crippen molar-refractivity contribution in [2.24, 2.45) is 0 Å². The van der Waals surface area contributed by atoms with Gasteiger partial charge in [0, 0.05) is 28.5 Å². The van der Waals surface area contributed by atoms with E-state index in [2.05, 4.69) is 11.3 Å². The van der Waals surface area contributed by atoms with Crippen molar-refractivity contribution >= 4 is 32.3 Å². The van der Waals surface area contributed by atoms with Crippen molar-refractivity contribution in [2.75, 3.05) is 0 Å². The van der Waals surface area contributed by atoms with Crippen LogP contribution >= 0.6 is 0 Å². The van der Waals surface area contributed by atoms with Crippen molar-refractivity contribution in [3.8, 4) is 5.75 Å². The molecule has 1 aliphatic heterocycles. The number of benzene rings is 3. The molecule has 3 aromatic carbocycles. The number of rotatable bonds is 5. The zero-order valence-corrected chi connectivity index (χ0v) is 17.4. The lowest BCUT2D eigenvalue weighted by Gasteiger charge is -2.20. The van der Waals surface area contributed by atoms with Gasteiger partial charge in [-0.05, 0) is 24.3 Å². The molecule has 1 saturated carbocycles. The standard InChI is InChI=1S/C24H21NO5S/c1-14(24(26)27)16-9-5-10-18-22-19(12-13-20(22)30-23(16)18)25-31(28,29)21-11-4-7-15-6-2-3-8-17(15)21/h2-11,19-20,22,25H,1,12-13H2,(H,26,27). The zero-order valence-electron chi connectivity index (χ0n) is 16.6. The molecule has 6 nitrogen and oxygen atoms in total. The summed E-state index contributed by atoms with van der Waals surface area (Å²) in [6.45, 7) is 3.65. The summed E-state index contributed by atoms with van der Waals surface area (Å²) in [5.74, 6) is -0.789. The van der Waals surface area contributed by atoms with Crippen LogP contribution in [0.1, 0.15) is 29.9 Å². The predicted octanol–water partition coefficient (Wildman–Crippen LogP) is 3.92. The van der Waals surface area contributed by atoms with Crippen molar-refractivity contribution in [3.63, 3.8) is 0 Å². The van der Waals surface area contributed by atoms with E-state index in [-0.39, 0.29) is 28.5 Å². The number of carboxylic acids is 1. The fraction of sp³-hybridized carbons (Fsp3) is 0.208. The molecule has 0 amide bonds. The molecular weight excluding hydrogens is 414 g/mol. The monoisotopic (exact) mass is 435 g/mol. The first-order valence-electron chi connectivity index (χ1n) is 10.1. The second-order valence-corrected chi connectivity index (χ2v) is 9.65. The average molecular weight is 436 g/mol. The van der Waals surface area contributed by atoms with Crippen LogP contribution in [-0.4, -0.2) is 31.6 Å². The van der Waals surface area contributed by atoms with E-state index >= 15 is 0 Å². The maximum absolute atomic E-state index is 13.3. The SMILES string of the molecule is C=C(C(=O)O)c1cccc2c1OC1CCC(NS(=O)(=O)c3cccc4ccccc34)C21. The molecule has 0 aromatic heterocycles. The highest BCUT2D eigenvalue weighted by Gasteiger charge is 2.47. The Morgan fingerprint density at radius 2 is 1.77 bits per heavy atom. The fourth-order valence-electron chi connectivity index (χ4n) is 4.79. The molecule has 158 valence electrons. The summed E-state index contributed by atoms with van der Waals surface area (Å²) in [7, 11) is -3.77. The molecule has 3 unspecified atom stereocenters. The number of ether oxygens (including phenoxy) is 1. The Hall–Kier alpha value is -3.16. The summed E-state index contributed by atoms with van der Waals surface area (Å²) in [5, 5.41) is 10.9. The van der Waals surface area contributed by atoms with Gasteiger partial charge in [-0.3, -0.25) is 0 Å². The Morgan fingerprint density at radius 1 is 1.03 bits per heavy atom. The largest absolute Gasteiger partial charge is 0.489 e. The van der Waals surface area contributed by atoms with Gasteiger partial charge in [0.15, 0.2) is 0 Å². The van der Waals surface area contributed by atoms with Gasteiger partial charge in [0.25, 0.3) is 0 Å². The van der Waals surface area contributed by atoms with E-state index in [1.807, 2.05) is 30.3 Å². The molecule has 1 heterocycles. The van der Waals surface area contributed by atoms with E-state index in [1.165, 1.54) is 0 Å². The molecule has 0 bridgehead atoms. The minimum absolute atomic E-state index is 0.0373. The van der Waals surface area contributed by atoms with Crippen LogP contribution in [0.2, 0.25) is 0 Å². The van der Waals surface area contributed by atoms with Crippen LogP contribution in [0.25, 0.3) is 16.3 Å². The highest BCUT2D eigenvalue weighted by Crippen LogP contribution is 2.49. The lowest BCUT2D eigenvalue weighted by atomic mass is 9.92. The van der Waals surface area contributed by atoms with E-state index in [9.17, 15) is 18.3 Å². The number of carboxylic acid groups (broad SMARTS) is 1. The smallest absolute Gasteiger partial charge is 0.335 e. The molecule has 0 saturated heterocycles. The molecule has 0 radical (unpaired) electrons. The third-order valence-electron chi connectivity index (χ3n) is 6.20. The summed E-state index contributed by atoms with van der Waals surface area (Å²) >= 11 is 0. The van der Waals surface area contributed by atoms with Crippen molar-refractivity contribution in [1.29, 1.82) is 0 Å². The van der Waals surface area contributed by atoms with Gasteiger partial charge >= 0.3 is 5.97 Å². The number of hydrogen-bond donors (Lipinski definition) is 2. The summed E-state index contributed by atoms with van der Waals surface area (Å²) in [6.07, 6.45) is 1.13. The quantitative estimate of drug-likeness (QED) is 0.593. The average Bonchev–Trinajstić information content (AvgIpc) is 3.32. The van der Waals surface area contributed by atoms with Crippen LogP contribution in [0.15, 0.2) is 72.1 Å². The molecule has 1 aliphatic carbocycles. The van der Waals surface area contributed by atoms with Crippen molar-refractivity contribution in [2.45, 2.75) is 35.8 Å². The third-order valence-corrected chi connectivity index (χ3v) is 7.75. The van der Waals surface area contributed by atoms with Crippen molar-refractivity contribution < 1.29 is 23.1 Å². The minimum Gasteiger partial charge on any atom is -0.489 e. The van der Waals surface area contributed by atoms with Gasteiger partial charge in [0.05, 0.1) is 10.5 Å². The molecule has 31 heavy (non-hydrogen) atoms. The Labute approximate surface area is 180 Å². The number of hydrogen-bond acceptors (Lipinski definition) is 4. The van der Waals surface area contributed by atoms with E-state index in [0.717, 1.165) is 10.9 Å². The number of aliphatic carboxylic acids is 1. The van der Waals surface area contributed by atoms with Gasteiger partial charge in [0.1, 0.15) is 11.9 Å². The first kappa shape index (κ1) is 19.8. The van der Waals surface area contributed by atoms with Crippen LogP contribution in [-0.2, 0) is 14.8 Å². The number of fused-ring (bicyclic) bond motifs is 4. The summed E-state index contributed by atoms with van der Waals surface area (Å²) in [5.41, 5.74) is 1.23. The van der Waals surface area contributed by atoms with E-state index < -0.39 is 16.0 Å². The second kappa shape index (κ2) is 7.21. The third kappa shape index (κ3) is 3.21. The molecule has 5 rings (SSSR count). The second-order valence-electron chi connectivity index (χ2n) is 7.97. The highest BCUT2D eigenvalue weighted by atomic mass is 32.2. The van der Waals surface area contributed by atoms with Crippen LogP contribution in [0.4, 0.5) is 0 Å². The van der Waals surface area contributed by atoms with Crippen molar-refractivity contribution in [3.05, 3.63) is 78.4 Å². The van der Waals surface area contributed by atoms with Gasteiger partial charge < -0.3 is 9.84 Å². The normalized spacial score (nSPS) is 22.0. The van der Waals surface area contributed by atoms with Gasteiger partial charge in [0.2, 0.25) is 10.0 Å². The first-order valence-corrected chi connectivity index (χ1v) is 11.6. The summed E-state index contributed by atoms with van der Waals surface area (Å²) < 4.78 is 35.6. The van der Waals surface area contributed by atoms with Gasteiger partial charge in [-0.15, -0.1) is 0 Å². The number of sulfonamides is 1. The van der Waals surface area contributed by atoms with E-state index in [0.29, 0.717) is 29.5 Å². The Balaban J connectivity index is 1.50. The molecule has 3 aromatic rings. The van der Waals surface area contributed by atoms with Crippen LogP contribution in [0.3, 0.4) is 0 Å². The first-order chi connectivity index (χ1) is 14.9. The van der Waals surface area contributed by atoms with Crippen LogP contribution < -0.4 is 9.46 Å². The lowest BCUT2D eigenvalue weighted by molar-refractivity contribution is -0.130. The molecular formula is C24H21NO5S. The van der Waals surface area contributed by atoms with E-state index in [4.69, 9.17) is 4.74 Å². The van der Waals surface area contributed by atoms with Crippen LogP contribution in [0.5, 0.6) is 5.75 Å². The number of para-hydroxylation sites is 1. The predicted molar refractivity (Wildman–Crippen MR) is 118 cm³/mol. The van der Waals surface area contributed by atoms with E-state index in [1.54, 1.807) is 30.3 Å². The number of carbonyl (C=O) groups is 1. The topological polar surface area (TPSA) is 92.7 Å². The number of nitrogens with one attached hydrogen (secondary N) is 1. The van der Waals surface area contributed by atoms with Crippen molar-refractivity contribution in [1.82, 2.24) is 4.72 Å². The van der Waals surface area contributed by atoms with Gasteiger partial charge in [-0.25, -0.2) is 17.9 Å². The Kier molecular flexibility index (Phi) is 4.60. The molecule has 7 heteroatoms. The lowest BCUT2D eigenvalue weighted by Crippen LogP contribution is -2.37. The Bertz CT molecular complexity index is 1330. The minimum atomic E-state index is -3.77. The molecule has 0 spiro atoms. The van der Waals surface area contributed by atoms with Crippen LogP contribution in [0, 0.1) is 0 Å². The maximum Gasteiger partial charge on any atom is 0.335 e. The Morgan fingerprint density at radius 3 is 2.58 bits per heavy atom.